The third kappa shape index (κ3) is 3.94. The van der Waals surface area contributed by atoms with Crippen molar-refractivity contribution in [1.82, 2.24) is 0 Å². The van der Waals surface area contributed by atoms with Crippen molar-refractivity contribution in [2.45, 2.75) is 18.9 Å². The first kappa shape index (κ1) is 20.4. The molecule has 31 heavy (non-hydrogen) atoms. The lowest BCUT2D eigenvalue weighted by atomic mass is 9.81. The van der Waals surface area contributed by atoms with Gasteiger partial charge in [0.2, 0.25) is 5.91 Å². The molecule has 1 aliphatic heterocycles. The Bertz CT molecular complexity index is 1120. The third-order valence-corrected chi connectivity index (χ3v) is 5.54. The van der Waals surface area contributed by atoms with Crippen LogP contribution < -0.4 is 15.0 Å². The quantitative estimate of drug-likeness (QED) is 0.590. The lowest BCUT2D eigenvalue weighted by molar-refractivity contribution is -0.134. The van der Waals surface area contributed by atoms with E-state index in [-0.39, 0.29) is 18.2 Å². The second-order valence-electron chi connectivity index (χ2n) is 7.54. The van der Waals surface area contributed by atoms with E-state index in [9.17, 15) is 9.59 Å². The zero-order chi connectivity index (χ0) is 21.8. The topological polar surface area (TPSA) is 58.6 Å². The summed E-state index contributed by atoms with van der Waals surface area (Å²) in [5.74, 6) is 0.332. The minimum atomic E-state index is -1.12. The third-order valence-electron chi connectivity index (χ3n) is 5.54. The van der Waals surface area contributed by atoms with E-state index in [2.05, 4.69) is 5.32 Å². The van der Waals surface area contributed by atoms with Crippen molar-refractivity contribution in [2.24, 2.45) is 0 Å². The molecule has 3 aromatic carbocycles. The van der Waals surface area contributed by atoms with Gasteiger partial charge in [-0.2, -0.15) is 0 Å². The van der Waals surface area contributed by atoms with Crippen molar-refractivity contribution in [2.75, 3.05) is 17.3 Å². The second-order valence-corrected chi connectivity index (χ2v) is 7.54. The van der Waals surface area contributed by atoms with Gasteiger partial charge in [-0.05, 0) is 54.5 Å². The lowest BCUT2D eigenvalue weighted by Crippen LogP contribution is -2.68. The molecule has 1 fully saturated rings. The Hall–Kier alpha value is -3.86. The molecule has 3 aromatic rings. The van der Waals surface area contributed by atoms with Crippen molar-refractivity contribution < 1.29 is 14.3 Å². The van der Waals surface area contributed by atoms with Crippen LogP contribution in [0, 0.1) is 6.92 Å². The molecule has 1 N–H and O–H groups in total. The number of rotatable bonds is 6. The number of hydrogen-bond acceptors (Lipinski definition) is 3. The molecule has 1 aliphatic rings. The number of nitrogens with one attached hydrogen (secondary N) is 1. The number of carbonyl (C=O) groups excluding carboxylic acids is 2. The van der Waals surface area contributed by atoms with Crippen LogP contribution in [0.1, 0.15) is 17.5 Å². The highest BCUT2D eigenvalue weighted by molar-refractivity contribution is 6.18. The van der Waals surface area contributed by atoms with Crippen LogP contribution in [0.2, 0.25) is 0 Å². The number of amides is 2. The minimum absolute atomic E-state index is 0.0973. The molecule has 1 heterocycles. The van der Waals surface area contributed by atoms with Gasteiger partial charge in [-0.15, -0.1) is 0 Å². The fourth-order valence-corrected chi connectivity index (χ4v) is 3.76. The van der Waals surface area contributed by atoms with Gasteiger partial charge in [0.25, 0.3) is 5.91 Å². The van der Waals surface area contributed by atoms with Crippen LogP contribution in [-0.4, -0.2) is 24.5 Å². The number of benzene rings is 3. The predicted octanol–water partition coefficient (Wildman–Crippen LogP) is 4.83. The highest BCUT2D eigenvalue weighted by Gasteiger charge is 2.55. The number of nitrogens with zero attached hydrogens (tertiary/aromatic N) is 1. The Kier molecular flexibility index (Phi) is 5.58. The summed E-state index contributed by atoms with van der Waals surface area (Å²) >= 11 is 0. The van der Waals surface area contributed by atoms with Crippen LogP contribution in [0.3, 0.4) is 0 Å². The number of methoxy groups -OCH3 is 1. The number of β-lactam (4-membered cyclic amide) rings is 1. The SMILES string of the molecule is COc1ccc(N2C(=O)C[C@@]2(C=Cc2ccccc2)C(=O)Nc2ccccc2C)cc1. The molecule has 4 rings (SSSR count). The molecule has 0 spiro atoms. The standard InChI is InChI=1S/C26H24N2O3/c1-19-8-6-7-11-23(19)27-25(30)26(17-16-20-9-4-3-5-10-20)18-24(29)28(26)21-12-14-22(31-2)15-13-21/h3-17H,18H2,1-2H3,(H,27,30)/t26-/m0/s1. The number of aryl methyl sites for hydroxylation is 1. The lowest BCUT2D eigenvalue weighted by Gasteiger charge is -2.48. The normalized spacial score (nSPS) is 18.0. The smallest absolute Gasteiger partial charge is 0.255 e. The molecule has 1 saturated heterocycles. The molecule has 2 amide bonds. The highest BCUT2D eigenvalue weighted by Crippen LogP contribution is 2.40. The average Bonchev–Trinajstić information content (AvgIpc) is 2.79. The summed E-state index contributed by atoms with van der Waals surface area (Å²) in [5, 5.41) is 3.02. The van der Waals surface area contributed by atoms with Crippen LogP contribution >= 0.6 is 0 Å². The van der Waals surface area contributed by atoms with Crippen molar-refractivity contribution in [3.63, 3.8) is 0 Å². The fourth-order valence-electron chi connectivity index (χ4n) is 3.76. The van der Waals surface area contributed by atoms with Gasteiger partial charge in [0.05, 0.1) is 13.5 Å². The van der Waals surface area contributed by atoms with E-state index < -0.39 is 5.54 Å². The summed E-state index contributed by atoms with van der Waals surface area (Å²) in [6, 6.07) is 24.5. The number of anilines is 2. The Morgan fingerprint density at radius 2 is 1.68 bits per heavy atom. The maximum Gasteiger partial charge on any atom is 0.255 e. The summed E-state index contributed by atoms with van der Waals surface area (Å²) in [6.07, 6.45) is 3.81. The molecular weight excluding hydrogens is 388 g/mol. The molecule has 156 valence electrons. The number of carbonyl (C=O) groups is 2. The zero-order valence-corrected chi connectivity index (χ0v) is 17.5. The molecule has 0 saturated carbocycles. The van der Waals surface area contributed by atoms with Crippen LogP contribution in [-0.2, 0) is 9.59 Å². The molecule has 0 unspecified atom stereocenters. The summed E-state index contributed by atoms with van der Waals surface area (Å²) in [7, 11) is 1.59. The van der Waals surface area contributed by atoms with Gasteiger partial charge >= 0.3 is 0 Å². The molecule has 5 heteroatoms. The first-order chi connectivity index (χ1) is 15.0. The van der Waals surface area contributed by atoms with E-state index in [0.717, 1.165) is 16.8 Å². The van der Waals surface area contributed by atoms with Gasteiger partial charge in [0.1, 0.15) is 5.75 Å². The van der Waals surface area contributed by atoms with E-state index in [4.69, 9.17) is 4.74 Å². The highest BCUT2D eigenvalue weighted by atomic mass is 16.5. The van der Waals surface area contributed by atoms with Gasteiger partial charge in [0, 0.05) is 11.4 Å². The Morgan fingerprint density at radius 3 is 2.32 bits per heavy atom. The van der Waals surface area contributed by atoms with Crippen LogP contribution in [0.25, 0.3) is 6.08 Å². The molecular formula is C26H24N2O3. The minimum Gasteiger partial charge on any atom is -0.497 e. The summed E-state index contributed by atoms with van der Waals surface area (Å²) in [5.41, 5.74) is 2.17. The van der Waals surface area contributed by atoms with Gasteiger partial charge in [0.15, 0.2) is 5.54 Å². The summed E-state index contributed by atoms with van der Waals surface area (Å²) < 4.78 is 5.23. The first-order valence-electron chi connectivity index (χ1n) is 10.1. The van der Waals surface area contributed by atoms with E-state index >= 15 is 0 Å². The van der Waals surface area contributed by atoms with Gasteiger partial charge < -0.3 is 10.1 Å². The monoisotopic (exact) mass is 412 g/mol. The van der Waals surface area contributed by atoms with Crippen LogP contribution in [0.5, 0.6) is 5.75 Å². The number of hydrogen-bond donors (Lipinski definition) is 1. The Balaban J connectivity index is 1.73. The van der Waals surface area contributed by atoms with Crippen molar-refractivity contribution in [3.8, 4) is 5.75 Å². The first-order valence-corrected chi connectivity index (χ1v) is 10.1. The summed E-state index contributed by atoms with van der Waals surface area (Å²) in [4.78, 5) is 27.8. The molecule has 0 aromatic heterocycles. The number of ether oxygens (including phenoxy) is 1. The van der Waals surface area contributed by atoms with E-state index in [1.807, 2.05) is 73.7 Å². The van der Waals surface area contributed by atoms with E-state index in [0.29, 0.717) is 11.4 Å². The van der Waals surface area contributed by atoms with E-state index in [1.165, 1.54) is 0 Å². The molecule has 0 aliphatic carbocycles. The molecule has 0 radical (unpaired) electrons. The zero-order valence-electron chi connectivity index (χ0n) is 17.5. The summed E-state index contributed by atoms with van der Waals surface area (Å²) in [6.45, 7) is 1.94. The maximum absolute atomic E-state index is 13.6. The van der Waals surface area contributed by atoms with Gasteiger partial charge in [-0.25, -0.2) is 0 Å². The van der Waals surface area contributed by atoms with Gasteiger partial charge in [-0.3, -0.25) is 14.5 Å². The second kappa shape index (κ2) is 8.48. The molecule has 0 bridgehead atoms. The van der Waals surface area contributed by atoms with Gasteiger partial charge in [-0.1, -0.05) is 54.6 Å². The average molecular weight is 412 g/mol. The Labute approximate surface area is 182 Å². The molecule has 1 atom stereocenters. The van der Waals surface area contributed by atoms with Crippen molar-refractivity contribution in [3.05, 3.63) is 96.1 Å². The van der Waals surface area contributed by atoms with Crippen LogP contribution in [0.15, 0.2) is 84.9 Å². The number of para-hydroxylation sites is 1. The van der Waals surface area contributed by atoms with Crippen LogP contribution in [0.4, 0.5) is 11.4 Å². The maximum atomic E-state index is 13.6. The van der Waals surface area contributed by atoms with Crippen molar-refractivity contribution in [1.29, 1.82) is 0 Å². The molecule has 5 nitrogen and oxygen atoms in total. The Morgan fingerprint density at radius 1 is 1.00 bits per heavy atom. The fraction of sp³-hybridized carbons (Fsp3) is 0.154. The predicted molar refractivity (Wildman–Crippen MR) is 123 cm³/mol. The van der Waals surface area contributed by atoms with E-state index in [1.54, 1.807) is 36.3 Å². The van der Waals surface area contributed by atoms with Crippen molar-refractivity contribution >= 4 is 29.3 Å². The largest absolute Gasteiger partial charge is 0.497 e.